The minimum atomic E-state index is 1.14. The van der Waals surface area contributed by atoms with Crippen molar-refractivity contribution in [2.24, 2.45) is 0 Å². The summed E-state index contributed by atoms with van der Waals surface area (Å²) in [6, 6.07) is 50.1. The molecule has 0 spiro atoms. The van der Waals surface area contributed by atoms with Gasteiger partial charge in [-0.3, -0.25) is 0 Å². The van der Waals surface area contributed by atoms with Gasteiger partial charge in [0.15, 0.2) is 0 Å². The van der Waals surface area contributed by atoms with Crippen LogP contribution in [0.3, 0.4) is 0 Å². The quantitative estimate of drug-likeness (QED) is 0.244. The summed E-state index contributed by atoms with van der Waals surface area (Å²) in [5.74, 6) is 0. The van der Waals surface area contributed by atoms with Crippen molar-refractivity contribution < 1.29 is 0 Å². The van der Waals surface area contributed by atoms with Gasteiger partial charge < -0.3 is 4.90 Å². The summed E-state index contributed by atoms with van der Waals surface area (Å²) in [7, 11) is 0. The maximum Gasteiger partial charge on any atom is 0.0540 e. The summed E-state index contributed by atoms with van der Waals surface area (Å²) >= 11 is 1.87. The Labute approximate surface area is 214 Å². The summed E-state index contributed by atoms with van der Waals surface area (Å²) in [6.45, 7) is 0. The number of nitrogens with zero attached hydrogens (tertiary/aromatic N) is 1. The Balaban J connectivity index is 1.51. The van der Waals surface area contributed by atoms with Crippen molar-refractivity contribution in [3.05, 3.63) is 140 Å². The van der Waals surface area contributed by atoms with E-state index in [1.807, 2.05) is 11.3 Å². The lowest BCUT2D eigenvalue weighted by molar-refractivity contribution is 1.29. The number of anilines is 3. The largest absolute Gasteiger partial charge is 0.310 e. The average molecular weight is 478 g/mol. The van der Waals surface area contributed by atoms with E-state index in [2.05, 4.69) is 144 Å². The van der Waals surface area contributed by atoms with Crippen LogP contribution < -0.4 is 4.90 Å². The van der Waals surface area contributed by atoms with Crippen LogP contribution in [-0.4, -0.2) is 0 Å². The zero-order chi connectivity index (χ0) is 23.9. The van der Waals surface area contributed by atoms with Crippen LogP contribution in [0.15, 0.2) is 140 Å². The van der Waals surface area contributed by atoms with Crippen molar-refractivity contribution in [1.82, 2.24) is 0 Å². The van der Waals surface area contributed by atoms with E-state index in [-0.39, 0.29) is 0 Å². The molecule has 0 fully saturated rings. The van der Waals surface area contributed by atoms with E-state index >= 15 is 0 Å². The van der Waals surface area contributed by atoms with Gasteiger partial charge in [0, 0.05) is 37.1 Å². The van der Waals surface area contributed by atoms with Crippen LogP contribution >= 0.6 is 11.3 Å². The molecule has 0 saturated carbocycles. The highest BCUT2D eigenvalue weighted by Crippen LogP contribution is 2.44. The molecule has 0 aliphatic heterocycles. The first kappa shape index (κ1) is 20.9. The number of thiophene rings is 1. The molecule has 1 aromatic heterocycles. The zero-order valence-electron chi connectivity index (χ0n) is 19.6. The highest BCUT2D eigenvalue weighted by Gasteiger charge is 2.18. The van der Waals surface area contributed by atoms with E-state index in [0.29, 0.717) is 0 Å². The van der Waals surface area contributed by atoms with Gasteiger partial charge in [0.25, 0.3) is 0 Å². The van der Waals surface area contributed by atoms with Crippen LogP contribution in [0.25, 0.3) is 42.1 Å². The minimum absolute atomic E-state index is 1.14. The molecule has 0 amide bonds. The monoisotopic (exact) mass is 477 g/mol. The van der Waals surface area contributed by atoms with Crippen LogP contribution in [0, 0.1) is 0 Å². The van der Waals surface area contributed by atoms with E-state index in [9.17, 15) is 0 Å². The number of hydrogen-bond donors (Lipinski definition) is 0. The number of benzene rings is 6. The third kappa shape index (κ3) is 3.46. The first-order chi connectivity index (χ1) is 17.9. The smallest absolute Gasteiger partial charge is 0.0540 e. The van der Waals surface area contributed by atoms with E-state index < -0.39 is 0 Å². The van der Waals surface area contributed by atoms with Gasteiger partial charge in [-0.2, -0.15) is 0 Å². The van der Waals surface area contributed by atoms with Crippen molar-refractivity contribution in [1.29, 1.82) is 0 Å². The van der Waals surface area contributed by atoms with Crippen LogP contribution in [-0.2, 0) is 0 Å². The molecule has 0 N–H and O–H groups in total. The molecule has 0 aliphatic rings. The lowest BCUT2D eigenvalue weighted by Gasteiger charge is -2.28. The molecular weight excluding hydrogens is 454 g/mol. The van der Waals surface area contributed by atoms with Crippen LogP contribution in [0.5, 0.6) is 0 Å². The van der Waals surface area contributed by atoms with Crippen molar-refractivity contribution in [2.45, 2.75) is 0 Å². The van der Waals surface area contributed by atoms with Gasteiger partial charge in [0.05, 0.1) is 5.69 Å². The first-order valence-electron chi connectivity index (χ1n) is 12.2. The summed E-state index contributed by atoms with van der Waals surface area (Å²) < 4.78 is 2.64. The summed E-state index contributed by atoms with van der Waals surface area (Å²) in [5.41, 5.74) is 5.89. The minimum Gasteiger partial charge on any atom is -0.310 e. The van der Waals surface area contributed by atoms with Gasteiger partial charge in [-0.15, -0.1) is 11.3 Å². The van der Waals surface area contributed by atoms with Gasteiger partial charge in [-0.25, -0.2) is 0 Å². The summed E-state index contributed by atoms with van der Waals surface area (Å²) in [5, 5.41) is 5.25. The second kappa shape index (κ2) is 8.67. The first-order valence-corrected chi connectivity index (χ1v) is 13.0. The molecule has 36 heavy (non-hydrogen) atoms. The van der Waals surface area contributed by atoms with Gasteiger partial charge in [0.2, 0.25) is 0 Å². The number of fused-ring (bicyclic) bond motifs is 5. The highest BCUT2D eigenvalue weighted by molar-refractivity contribution is 7.26. The molecule has 0 saturated heterocycles. The normalized spacial score (nSPS) is 11.3. The second-order valence-electron chi connectivity index (χ2n) is 9.00. The molecular formula is C34H23NS. The Kier molecular flexibility index (Phi) is 5.04. The second-order valence-corrected chi connectivity index (χ2v) is 10.1. The Morgan fingerprint density at radius 1 is 0.472 bits per heavy atom. The molecule has 0 aliphatic carbocycles. The van der Waals surface area contributed by atoms with Gasteiger partial charge in [-0.05, 0) is 58.8 Å². The lowest BCUT2D eigenvalue weighted by Crippen LogP contribution is -2.11. The Morgan fingerprint density at radius 3 is 2.03 bits per heavy atom. The zero-order valence-corrected chi connectivity index (χ0v) is 20.5. The predicted octanol–water partition coefficient (Wildman–Crippen LogP) is 10.3. The molecule has 0 unspecified atom stereocenters. The molecule has 170 valence electrons. The van der Waals surface area contributed by atoms with Crippen molar-refractivity contribution in [2.75, 3.05) is 4.90 Å². The number of rotatable bonds is 4. The third-order valence-electron chi connectivity index (χ3n) is 6.85. The van der Waals surface area contributed by atoms with Crippen molar-refractivity contribution >= 4 is 59.3 Å². The van der Waals surface area contributed by atoms with Crippen LogP contribution in [0.4, 0.5) is 17.1 Å². The van der Waals surface area contributed by atoms with E-state index in [1.54, 1.807) is 0 Å². The Morgan fingerprint density at radius 2 is 1.17 bits per heavy atom. The fourth-order valence-corrected chi connectivity index (χ4v) is 6.31. The molecule has 7 rings (SSSR count). The third-order valence-corrected chi connectivity index (χ3v) is 7.98. The molecule has 7 aromatic rings. The lowest BCUT2D eigenvalue weighted by atomic mass is 10.0. The molecule has 6 aromatic carbocycles. The van der Waals surface area contributed by atoms with E-state index in [0.717, 1.165) is 11.4 Å². The Bertz CT molecular complexity index is 1830. The number of hydrogen-bond acceptors (Lipinski definition) is 2. The van der Waals surface area contributed by atoms with Crippen LogP contribution in [0.2, 0.25) is 0 Å². The average Bonchev–Trinajstić information content (AvgIpc) is 3.33. The van der Waals surface area contributed by atoms with Gasteiger partial charge >= 0.3 is 0 Å². The van der Waals surface area contributed by atoms with Gasteiger partial charge in [0.1, 0.15) is 0 Å². The molecule has 0 atom stereocenters. The molecule has 0 bridgehead atoms. The fraction of sp³-hybridized carbons (Fsp3) is 0. The SMILES string of the molecule is c1ccc(-c2ccccc2N(c2ccccc2)c2ccc3sc4ccc5ccccc5c4c3c2)cc1. The van der Waals surface area contributed by atoms with E-state index in [4.69, 9.17) is 0 Å². The number of para-hydroxylation sites is 2. The van der Waals surface area contributed by atoms with Crippen molar-refractivity contribution in [3.63, 3.8) is 0 Å². The summed E-state index contributed by atoms with van der Waals surface area (Å²) in [6.07, 6.45) is 0. The molecule has 2 heteroatoms. The maximum absolute atomic E-state index is 2.39. The molecule has 1 heterocycles. The van der Waals surface area contributed by atoms with Crippen LogP contribution in [0.1, 0.15) is 0 Å². The topological polar surface area (TPSA) is 3.24 Å². The van der Waals surface area contributed by atoms with Crippen molar-refractivity contribution in [3.8, 4) is 11.1 Å². The summed E-state index contributed by atoms with van der Waals surface area (Å²) in [4.78, 5) is 2.39. The highest BCUT2D eigenvalue weighted by atomic mass is 32.1. The maximum atomic E-state index is 2.39. The molecule has 1 nitrogen and oxygen atoms in total. The predicted molar refractivity (Wildman–Crippen MR) is 157 cm³/mol. The molecule has 0 radical (unpaired) electrons. The Hall–Kier alpha value is -4.40. The van der Waals surface area contributed by atoms with Gasteiger partial charge in [-0.1, -0.05) is 97.1 Å². The fourth-order valence-electron chi connectivity index (χ4n) is 5.21. The van der Waals surface area contributed by atoms with E-state index in [1.165, 1.54) is 47.8 Å². The standard InChI is InChI=1S/C34H23NS/c1-3-11-24(12-4-1)28-16-9-10-18-31(28)35(26-14-5-2-6-15-26)27-20-22-32-30(23-27)34-29-17-8-7-13-25(29)19-21-33(34)36-32/h1-23H.